The molecule has 3 N–H and O–H groups in total. The highest BCUT2D eigenvalue weighted by molar-refractivity contribution is 5.76. The lowest BCUT2D eigenvalue weighted by Crippen LogP contribution is -2.37. The van der Waals surface area contributed by atoms with Crippen LogP contribution in [0.25, 0.3) is 0 Å². The molecule has 222 valence electrons. The molecule has 1 aliphatic rings. The highest BCUT2D eigenvalue weighted by Gasteiger charge is 2.22. The Morgan fingerprint density at radius 3 is 2.71 bits per heavy atom. The Morgan fingerprint density at radius 1 is 1.15 bits per heavy atom. The summed E-state index contributed by atoms with van der Waals surface area (Å²) in [6, 6.07) is 7.56. The van der Waals surface area contributed by atoms with E-state index in [-0.39, 0.29) is 5.41 Å². The fourth-order valence-electron chi connectivity index (χ4n) is 5.22. The molecule has 0 radical (unpaired) electrons. The van der Waals surface area contributed by atoms with Gasteiger partial charge in [-0.1, -0.05) is 26.8 Å². The summed E-state index contributed by atoms with van der Waals surface area (Å²) in [5, 5.41) is 21.2. The summed E-state index contributed by atoms with van der Waals surface area (Å²) < 4.78 is 2.04. The average molecular weight is 563 g/mol. The number of unbranched alkanes of at least 4 members (excludes halogenated alkanes) is 1. The Labute approximate surface area is 244 Å². The summed E-state index contributed by atoms with van der Waals surface area (Å²) in [7, 11) is 0. The summed E-state index contributed by atoms with van der Waals surface area (Å²) in [5.74, 6) is 0.704. The first-order chi connectivity index (χ1) is 19.6. The second kappa shape index (κ2) is 13.9. The van der Waals surface area contributed by atoms with Gasteiger partial charge >= 0.3 is 5.97 Å². The van der Waals surface area contributed by atoms with Gasteiger partial charge in [-0.05, 0) is 76.6 Å². The van der Waals surface area contributed by atoms with E-state index in [4.69, 9.17) is 4.98 Å². The van der Waals surface area contributed by atoms with Crippen molar-refractivity contribution >= 4 is 17.6 Å². The third kappa shape index (κ3) is 8.98. The van der Waals surface area contributed by atoms with E-state index in [9.17, 15) is 9.90 Å². The number of aromatic nitrogens is 5. The number of pyridine rings is 1. The standard InChI is InChI=1S/C31H46N8O2/c1-22-19-23(2)39(37-22)18-17-38(15-7-6-10-25-12-11-24-9-8-14-32-29(24)35-25)16-13-26(30(40)41)36-28-20-27(31(3,4)5)33-21-34-28/h11-12,19-21,26H,6-10,13-18H2,1-5H3,(H,32,35)(H,40,41)(H,33,34,36)/t26-/m0/s1. The SMILES string of the molecule is Cc1cc(C)n(CCN(CCCCc2ccc3c(n2)NCCC3)CC[C@H](Nc2cc(C(C)(C)C)ncn2)C(=O)O)n1. The van der Waals surface area contributed by atoms with Crippen LogP contribution in [0.15, 0.2) is 30.6 Å². The first-order valence-electron chi connectivity index (χ1n) is 14.9. The van der Waals surface area contributed by atoms with Crippen LogP contribution in [0.5, 0.6) is 0 Å². The molecule has 0 aromatic carbocycles. The van der Waals surface area contributed by atoms with Gasteiger partial charge in [0.05, 0.1) is 17.9 Å². The van der Waals surface area contributed by atoms with E-state index in [1.165, 1.54) is 11.9 Å². The van der Waals surface area contributed by atoms with Gasteiger partial charge in [0.2, 0.25) is 0 Å². The van der Waals surface area contributed by atoms with E-state index >= 15 is 0 Å². The number of carbonyl (C=O) groups is 1. The van der Waals surface area contributed by atoms with Crippen molar-refractivity contribution in [1.29, 1.82) is 0 Å². The van der Waals surface area contributed by atoms with Crippen LogP contribution in [0.4, 0.5) is 11.6 Å². The Hall–Kier alpha value is -3.53. The van der Waals surface area contributed by atoms with Gasteiger partial charge in [0.25, 0.3) is 0 Å². The Kier molecular flexibility index (Phi) is 10.3. The number of nitrogens with one attached hydrogen (secondary N) is 2. The number of hydrogen-bond donors (Lipinski definition) is 3. The fourth-order valence-corrected chi connectivity index (χ4v) is 5.22. The van der Waals surface area contributed by atoms with Gasteiger partial charge in [-0.25, -0.2) is 19.7 Å². The molecular formula is C31H46N8O2. The minimum Gasteiger partial charge on any atom is -0.480 e. The zero-order valence-corrected chi connectivity index (χ0v) is 25.3. The van der Waals surface area contributed by atoms with Gasteiger partial charge in [-0.15, -0.1) is 0 Å². The zero-order valence-electron chi connectivity index (χ0n) is 25.3. The summed E-state index contributed by atoms with van der Waals surface area (Å²) in [4.78, 5) is 28.0. The van der Waals surface area contributed by atoms with Gasteiger partial charge in [0, 0.05) is 42.5 Å². The minimum atomic E-state index is -0.883. The van der Waals surface area contributed by atoms with Gasteiger partial charge < -0.3 is 20.6 Å². The fraction of sp³-hybridized carbons (Fsp3) is 0.581. The predicted octanol–water partition coefficient (Wildman–Crippen LogP) is 4.62. The molecular weight excluding hydrogens is 516 g/mol. The first kappa shape index (κ1) is 30.4. The number of fused-ring (bicyclic) bond motifs is 1. The van der Waals surface area contributed by atoms with Crippen molar-refractivity contribution in [2.45, 2.75) is 91.1 Å². The van der Waals surface area contributed by atoms with Gasteiger partial charge in [-0.3, -0.25) is 4.68 Å². The third-order valence-electron chi connectivity index (χ3n) is 7.63. The van der Waals surface area contributed by atoms with Crippen molar-refractivity contribution in [2.24, 2.45) is 0 Å². The summed E-state index contributed by atoms with van der Waals surface area (Å²) in [6.07, 6.45) is 7.19. The zero-order chi connectivity index (χ0) is 29.4. The van der Waals surface area contributed by atoms with Gasteiger partial charge in [0.15, 0.2) is 0 Å². The maximum atomic E-state index is 12.2. The monoisotopic (exact) mass is 562 g/mol. The van der Waals surface area contributed by atoms with E-state index in [2.05, 4.69) is 76.5 Å². The maximum Gasteiger partial charge on any atom is 0.326 e. The van der Waals surface area contributed by atoms with Crippen molar-refractivity contribution in [3.05, 3.63) is 58.9 Å². The molecule has 0 bridgehead atoms. The molecule has 1 aliphatic heterocycles. The average Bonchev–Trinajstić information content (AvgIpc) is 3.27. The topological polar surface area (TPSA) is 121 Å². The summed E-state index contributed by atoms with van der Waals surface area (Å²) in [6.45, 7) is 14.4. The van der Waals surface area contributed by atoms with Gasteiger partial charge in [-0.2, -0.15) is 5.10 Å². The van der Waals surface area contributed by atoms with Crippen molar-refractivity contribution in [3.8, 4) is 0 Å². The van der Waals surface area contributed by atoms with Crippen LogP contribution in [0.1, 0.15) is 74.8 Å². The molecule has 0 amide bonds. The normalized spacial score (nSPS) is 14.0. The van der Waals surface area contributed by atoms with E-state index in [0.717, 1.165) is 86.9 Å². The predicted molar refractivity (Wildman–Crippen MR) is 163 cm³/mol. The largest absolute Gasteiger partial charge is 0.480 e. The molecule has 0 unspecified atom stereocenters. The first-order valence-corrected chi connectivity index (χ1v) is 14.9. The van der Waals surface area contributed by atoms with Crippen LogP contribution in [-0.4, -0.2) is 72.9 Å². The van der Waals surface area contributed by atoms with E-state index < -0.39 is 12.0 Å². The summed E-state index contributed by atoms with van der Waals surface area (Å²) >= 11 is 0. The number of hydrogen-bond acceptors (Lipinski definition) is 8. The number of aliphatic carboxylic acids is 1. The smallest absolute Gasteiger partial charge is 0.326 e. The Bertz CT molecular complexity index is 1300. The number of carboxylic acids is 1. The molecule has 3 aromatic rings. The second-order valence-corrected chi connectivity index (χ2v) is 12.2. The van der Waals surface area contributed by atoms with Crippen LogP contribution < -0.4 is 10.6 Å². The van der Waals surface area contributed by atoms with Crippen molar-refractivity contribution in [3.63, 3.8) is 0 Å². The quantitative estimate of drug-likeness (QED) is 0.242. The molecule has 0 spiro atoms. The molecule has 10 nitrogen and oxygen atoms in total. The highest BCUT2D eigenvalue weighted by Crippen LogP contribution is 2.22. The van der Waals surface area contributed by atoms with Crippen LogP contribution in [0, 0.1) is 13.8 Å². The molecule has 3 aromatic heterocycles. The van der Waals surface area contributed by atoms with Crippen molar-refractivity contribution < 1.29 is 9.90 Å². The van der Waals surface area contributed by atoms with E-state index in [1.807, 2.05) is 17.7 Å². The lowest BCUT2D eigenvalue weighted by Gasteiger charge is -2.25. The van der Waals surface area contributed by atoms with Gasteiger partial charge in [0.1, 0.15) is 24.0 Å². The number of nitrogens with zero attached hydrogens (tertiary/aromatic N) is 6. The van der Waals surface area contributed by atoms with Crippen LogP contribution in [-0.2, 0) is 29.6 Å². The molecule has 0 saturated carbocycles. The Balaban J connectivity index is 1.35. The Morgan fingerprint density at radius 2 is 1.98 bits per heavy atom. The van der Waals surface area contributed by atoms with Crippen LogP contribution in [0.2, 0.25) is 0 Å². The lowest BCUT2D eigenvalue weighted by molar-refractivity contribution is -0.138. The van der Waals surface area contributed by atoms with Crippen molar-refractivity contribution in [2.75, 3.05) is 36.8 Å². The minimum absolute atomic E-state index is 0.150. The lowest BCUT2D eigenvalue weighted by atomic mass is 9.92. The molecule has 1 atom stereocenters. The highest BCUT2D eigenvalue weighted by atomic mass is 16.4. The number of anilines is 2. The third-order valence-corrected chi connectivity index (χ3v) is 7.63. The molecule has 4 heterocycles. The van der Waals surface area contributed by atoms with Crippen LogP contribution >= 0.6 is 0 Å². The molecule has 41 heavy (non-hydrogen) atoms. The number of aryl methyl sites for hydroxylation is 4. The molecule has 0 aliphatic carbocycles. The van der Waals surface area contributed by atoms with E-state index in [0.29, 0.717) is 18.8 Å². The van der Waals surface area contributed by atoms with E-state index in [1.54, 1.807) is 0 Å². The molecule has 4 rings (SSSR count). The maximum absolute atomic E-state index is 12.2. The van der Waals surface area contributed by atoms with Crippen LogP contribution in [0.3, 0.4) is 0 Å². The van der Waals surface area contributed by atoms with Crippen molar-refractivity contribution in [1.82, 2.24) is 29.6 Å². The molecule has 10 heteroatoms. The summed E-state index contributed by atoms with van der Waals surface area (Å²) in [5.41, 5.74) is 5.31. The number of carboxylic acid groups (broad SMARTS) is 1. The molecule has 0 fully saturated rings. The number of rotatable bonds is 14. The second-order valence-electron chi connectivity index (χ2n) is 12.2. The molecule has 0 saturated heterocycles.